The maximum absolute atomic E-state index is 12.9. The van der Waals surface area contributed by atoms with Crippen LogP contribution in [0.3, 0.4) is 0 Å². The number of hydrogen-bond donors (Lipinski definition) is 0. The first-order valence-corrected chi connectivity index (χ1v) is 9.71. The van der Waals surface area contributed by atoms with Crippen LogP contribution < -0.4 is 0 Å². The third kappa shape index (κ3) is 3.83. The number of hydrogen-bond acceptors (Lipinski definition) is 6. The van der Waals surface area contributed by atoms with Crippen molar-refractivity contribution in [1.82, 2.24) is 20.1 Å². The first-order chi connectivity index (χ1) is 13.6. The highest BCUT2D eigenvalue weighted by molar-refractivity contribution is 5.77. The fraction of sp³-hybridized carbons (Fsp3) is 0.429. The molecule has 28 heavy (non-hydrogen) atoms. The Bertz CT molecular complexity index is 948. The Morgan fingerprint density at radius 3 is 2.89 bits per heavy atom. The molecule has 4 rings (SSSR count). The number of aromatic nitrogens is 3. The molecule has 0 aliphatic carbocycles. The van der Waals surface area contributed by atoms with Crippen molar-refractivity contribution in [1.29, 1.82) is 0 Å². The summed E-state index contributed by atoms with van der Waals surface area (Å²) in [5.41, 5.74) is 1.90. The van der Waals surface area contributed by atoms with Crippen LogP contribution in [0.1, 0.15) is 54.7 Å². The van der Waals surface area contributed by atoms with E-state index < -0.39 is 0 Å². The van der Waals surface area contributed by atoms with Crippen molar-refractivity contribution in [2.24, 2.45) is 0 Å². The number of aryl methyl sites for hydroxylation is 3. The molecule has 1 atom stereocenters. The van der Waals surface area contributed by atoms with Crippen molar-refractivity contribution in [2.75, 3.05) is 6.54 Å². The minimum atomic E-state index is 0.102. The van der Waals surface area contributed by atoms with Gasteiger partial charge in [0.25, 0.3) is 5.89 Å². The lowest BCUT2D eigenvalue weighted by Crippen LogP contribution is -2.38. The van der Waals surface area contributed by atoms with Crippen LogP contribution in [0.25, 0.3) is 11.5 Å². The van der Waals surface area contributed by atoms with Gasteiger partial charge >= 0.3 is 0 Å². The van der Waals surface area contributed by atoms with Crippen LogP contribution in [0.15, 0.2) is 39.4 Å². The molecule has 1 amide bonds. The zero-order valence-electron chi connectivity index (χ0n) is 16.2. The van der Waals surface area contributed by atoms with Crippen LogP contribution in [-0.2, 0) is 11.2 Å². The van der Waals surface area contributed by atoms with Crippen LogP contribution in [0.2, 0.25) is 0 Å². The first kappa shape index (κ1) is 18.4. The van der Waals surface area contributed by atoms with E-state index in [4.69, 9.17) is 8.83 Å². The summed E-state index contributed by atoms with van der Waals surface area (Å²) in [6.07, 6.45) is 7.53. The van der Waals surface area contributed by atoms with Gasteiger partial charge in [-0.3, -0.25) is 9.78 Å². The Balaban J connectivity index is 1.42. The van der Waals surface area contributed by atoms with Crippen LogP contribution in [-0.4, -0.2) is 32.5 Å². The van der Waals surface area contributed by atoms with E-state index in [1.807, 2.05) is 43.1 Å². The zero-order valence-corrected chi connectivity index (χ0v) is 16.2. The van der Waals surface area contributed by atoms with Gasteiger partial charge in [-0.15, -0.1) is 10.2 Å². The maximum atomic E-state index is 12.9. The van der Waals surface area contributed by atoms with Gasteiger partial charge in [0, 0.05) is 31.8 Å². The van der Waals surface area contributed by atoms with Gasteiger partial charge in [0.1, 0.15) is 11.5 Å². The Morgan fingerprint density at radius 1 is 1.25 bits per heavy atom. The van der Waals surface area contributed by atoms with Crippen molar-refractivity contribution < 1.29 is 13.6 Å². The first-order valence-electron chi connectivity index (χ1n) is 9.71. The van der Waals surface area contributed by atoms with Crippen LogP contribution in [0, 0.1) is 13.8 Å². The minimum absolute atomic E-state index is 0.102. The van der Waals surface area contributed by atoms with Gasteiger partial charge < -0.3 is 13.7 Å². The largest absolute Gasteiger partial charge is 0.466 e. The maximum Gasteiger partial charge on any atom is 0.251 e. The number of furan rings is 1. The monoisotopic (exact) mass is 380 g/mol. The third-order valence-corrected chi connectivity index (χ3v) is 5.18. The summed E-state index contributed by atoms with van der Waals surface area (Å²) in [5, 5.41) is 8.20. The number of piperidine rings is 1. The van der Waals surface area contributed by atoms with E-state index >= 15 is 0 Å². The molecule has 0 radical (unpaired) electrons. The topological polar surface area (TPSA) is 85.3 Å². The van der Waals surface area contributed by atoms with Crippen LogP contribution >= 0.6 is 0 Å². The number of carbonyl (C=O) groups is 1. The highest BCUT2D eigenvalue weighted by Crippen LogP contribution is 2.31. The van der Waals surface area contributed by atoms with Gasteiger partial charge in [0.2, 0.25) is 11.8 Å². The van der Waals surface area contributed by atoms with Gasteiger partial charge in [-0.1, -0.05) is 6.07 Å². The highest BCUT2D eigenvalue weighted by atomic mass is 16.4. The summed E-state index contributed by atoms with van der Waals surface area (Å²) in [6, 6.07) is 5.95. The van der Waals surface area contributed by atoms with Crippen molar-refractivity contribution in [3.8, 4) is 11.5 Å². The molecule has 7 heteroatoms. The van der Waals surface area contributed by atoms with Crippen LogP contribution in [0.4, 0.5) is 0 Å². The molecule has 0 saturated carbocycles. The number of amides is 1. The Hall–Kier alpha value is -2.96. The summed E-state index contributed by atoms with van der Waals surface area (Å²) >= 11 is 0. The Morgan fingerprint density at radius 2 is 2.14 bits per heavy atom. The number of nitrogens with zero attached hydrogens (tertiary/aromatic N) is 4. The molecular formula is C21H24N4O3. The average Bonchev–Trinajstić information content (AvgIpc) is 3.32. The molecule has 7 nitrogen and oxygen atoms in total. The van der Waals surface area contributed by atoms with E-state index in [2.05, 4.69) is 15.2 Å². The molecule has 1 unspecified atom stereocenters. The van der Waals surface area contributed by atoms with E-state index in [-0.39, 0.29) is 11.9 Å². The van der Waals surface area contributed by atoms with Gasteiger partial charge in [0.15, 0.2) is 0 Å². The predicted octanol–water partition coefficient (Wildman–Crippen LogP) is 4.03. The summed E-state index contributed by atoms with van der Waals surface area (Å²) < 4.78 is 11.3. The van der Waals surface area contributed by atoms with E-state index in [0.717, 1.165) is 48.5 Å². The van der Waals surface area contributed by atoms with Gasteiger partial charge in [-0.05, 0) is 50.8 Å². The molecule has 1 aliphatic heterocycles. The molecule has 3 aromatic heterocycles. The SMILES string of the molecule is Cc1cc(-c2nnc(CCC(=O)N3CCCCC3c3cccnc3)o2)c(C)o1. The molecule has 1 fully saturated rings. The van der Waals surface area contributed by atoms with Crippen molar-refractivity contribution in [3.63, 3.8) is 0 Å². The molecule has 1 aliphatic rings. The molecule has 4 heterocycles. The van der Waals surface area contributed by atoms with E-state index in [0.29, 0.717) is 24.6 Å². The summed E-state index contributed by atoms with van der Waals surface area (Å²) in [4.78, 5) is 19.1. The summed E-state index contributed by atoms with van der Waals surface area (Å²) in [6.45, 7) is 4.52. The molecule has 0 N–H and O–H groups in total. The molecule has 0 aromatic carbocycles. The van der Waals surface area contributed by atoms with Gasteiger partial charge in [-0.25, -0.2) is 0 Å². The van der Waals surface area contributed by atoms with E-state index in [1.54, 1.807) is 6.20 Å². The molecule has 0 bridgehead atoms. The van der Waals surface area contributed by atoms with Crippen molar-refractivity contribution >= 4 is 5.91 Å². The Labute approximate surface area is 163 Å². The lowest BCUT2D eigenvalue weighted by molar-refractivity contribution is -0.135. The molecule has 146 valence electrons. The van der Waals surface area contributed by atoms with Gasteiger partial charge in [0.05, 0.1) is 11.6 Å². The van der Waals surface area contributed by atoms with E-state index in [1.165, 1.54) is 0 Å². The normalized spacial score (nSPS) is 17.1. The summed E-state index contributed by atoms with van der Waals surface area (Å²) in [5.74, 6) is 2.56. The fourth-order valence-electron chi connectivity index (χ4n) is 3.81. The van der Waals surface area contributed by atoms with Crippen molar-refractivity contribution in [3.05, 3.63) is 53.6 Å². The quantitative estimate of drug-likeness (QED) is 0.664. The zero-order chi connectivity index (χ0) is 19.5. The summed E-state index contributed by atoms with van der Waals surface area (Å²) in [7, 11) is 0. The lowest BCUT2D eigenvalue weighted by Gasteiger charge is -2.36. The molecular weight excluding hydrogens is 356 g/mol. The minimum Gasteiger partial charge on any atom is -0.466 e. The number of carbonyl (C=O) groups excluding carboxylic acids is 1. The predicted molar refractivity (Wildman–Crippen MR) is 102 cm³/mol. The molecule has 1 saturated heterocycles. The second kappa shape index (κ2) is 7.96. The molecule has 0 spiro atoms. The number of rotatable bonds is 5. The fourth-order valence-corrected chi connectivity index (χ4v) is 3.81. The van der Waals surface area contributed by atoms with E-state index in [9.17, 15) is 4.79 Å². The number of pyridine rings is 1. The lowest BCUT2D eigenvalue weighted by atomic mass is 9.96. The third-order valence-electron chi connectivity index (χ3n) is 5.18. The second-order valence-electron chi connectivity index (χ2n) is 7.21. The standard InChI is InChI=1S/C21H24N4O3/c1-14-12-17(15(2)27-14)21-24-23-19(28-21)8-9-20(26)25-11-4-3-7-18(25)16-6-5-10-22-13-16/h5-6,10,12-13,18H,3-4,7-9,11H2,1-2H3. The Kier molecular flexibility index (Phi) is 5.23. The number of likely N-dealkylation sites (tertiary alicyclic amines) is 1. The average molecular weight is 380 g/mol. The van der Waals surface area contributed by atoms with Gasteiger partial charge in [-0.2, -0.15) is 0 Å². The highest BCUT2D eigenvalue weighted by Gasteiger charge is 2.28. The van der Waals surface area contributed by atoms with Crippen LogP contribution in [0.5, 0.6) is 0 Å². The molecule has 3 aromatic rings. The second-order valence-corrected chi connectivity index (χ2v) is 7.21. The smallest absolute Gasteiger partial charge is 0.251 e. The van der Waals surface area contributed by atoms with Crippen molar-refractivity contribution in [2.45, 2.75) is 52.0 Å².